The zero-order valence-electron chi connectivity index (χ0n) is 21.6. The number of benzene rings is 2. The molecule has 0 bridgehead atoms. The number of hydrogen-bond acceptors (Lipinski definition) is 15. The molecular weight excluding hydrogens is 564 g/mol. The maximum absolute atomic E-state index is 14.1. The summed E-state index contributed by atoms with van der Waals surface area (Å²) in [5, 5.41) is 113. The fourth-order valence-electron chi connectivity index (χ4n) is 5.41. The lowest BCUT2D eigenvalue weighted by atomic mass is 9.87. The first-order valence-corrected chi connectivity index (χ1v) is 12.9. The molecule has 15 nitrogen and oxygen atoms in total. The second-order valence-electron chi connectivity index (χ2n) is 10.3. The zero-order chi connectivity index (χ0) is 30.6. The molecule has 2 aromatic carbocycles. The van der Waals surface area contributed by atoms with Crippen LogP contribution in [0.3, 0.4) is 0 Å². The number of ether oxygens (including phenoxy) is 2. The van der Waals surface area contributed by atoms with Gasteiger partial charge in [0, 0.05) is 11.6 Å². The number of aliphatic hydroxyl groups is 8. The molecular formula is C27H30O15. The predicted molar refractivity (Wildman–Crippen MR) is 138 cm³/mol. The van der Waals surface area contributed by atoms with E-state index in [1.807, 2.05) is 0 Å². The molecule has 15 heteroatoms. The van der Waals surface area contributed by atoms with Gasteiger partial charge in [0.2, 0.25) is 5.43 Å². The normalized spacial score (nSPS) is 33.6. The Morgan fingerprint density at radius 3 is 1.64 bits per heavy atom. The summed E-state index contributed by atoms with van der Waals surface area (Å²) in [5.41, 5.74) is -2.46. The standard InChI is InChI=1S/C27H30O15/c28-6-12-17(33)20(36)22(38)26(40-12)15-11(32)5-10(31)14-19(35)16(27-23(39)21(37)18(34)13(7-29)41-27)24(42-25(14)15)8-1-3-9(30)4-2-8/h1-5,12-13,17-18,20-23,26-34,36-39H,6-7H2/t12?,13?,17-,18-,20+,21?,22?,23?,26+,27+/m1/s1. The molecule has 0 radical (unpaired) electrons. The monoisotopic (exact) mass is 594 g/mol. The highest BCUT2D eigenvalue weighted by Gasteiger charge is 2.48. The van der Waals surface area contributed by atoms with Gasteiger partial charge in [-0.3, -0.25) is 4.79 Å². The van der Waals surface area contributed by atoms with E-state index >= 15 is 0 Å². The van der Waals surface area contributed by atoms with Crippen LogP contribution in [-0.4, -0.2) is 118 Å². The molecule has 0 saturated carbocycles. The van der Waals surface area contributed by atoms with E-state index in [2.05, 4.69) is 0 Å². The summed E-state index contributed by atoms with van der Waals surface area (Å²) in [7, 11) is 0. The van der Waals surface area contributed by atoms with Gasteiger partial charge in [-0.2, -0.15) is 0 Å². The van der Waals surface area contributed by atoms with Crippen molar-refractivity contribution < 1.29 is 70.1 Å². The topological polar surface area (TPSA) is 271 Å². The van der Waals surface area contributed by atoms with E-state index in [9.17, 15) is 61.0 Å². The van der Waals surface area contributed by atoms with E-state index in [4.69, 9.17) is 13.9 Å². The first-order chi connectivity index (χ1) is 19.9. The molecule has 0 spiro atoms. The summed E-state index contributed by atoms with van der Waals surface area (Å²) >= 11 is 0. The van der Waals surface area contributed by atoms with Gasteiger partial charge in [0.1, 0.15) is 89.4 Å². The molecule has 1 aromatic heterocycles. The predicted octanol–water partition coefficient (Wildman–Crippen LogP) is -2.39. The fraction of sp³-hybridized carbons (Fsp3) is 0.444. The summed E-state index contributed by atoms with van der Waals surface area (Å²) in [6, 6.07) is 5.81. The molecule has 0 amide bonds. The molecule has 42 heavy (non-hydrogen) atoms. The van der Waals surface area contributed by atoms with Gasteiger partial charge in [-0.1, -0.05) is 0 Å². The van der Waals surface area contributed by atoms with Crippen molar-refractivity contribution in [3.63, 3.8) is 0 Å². The Labute approximate surface area is 235 Å². The lowest BCUT2D eigenvalue weighted by molar-refractivity contribution is -0.232. The highest BCUT2D eigenvalue weighted by Crippen LogP contribution is 2.46. The van der Waals surface area contributed by atoms with E-state index in [0.717, 1.165) is 6.07 Å². The molecule has 10 atom stereocenters. The van der Waals surface area contributed by atoms with Crippen LogP contribution in [0.15, 0.2) is 39.5 Å². The number of aromatic hydroxyl groups is 3. The third kappa shape index (κ3) is 4.79. The quantitative estimate of drug-likeness (QED) is 0.147. The highest BCUT2D eigenvalue weighted by atomic mass is 16.6. The molecule has 3 aromatic rings. The van der Waals surface area contributed by atoms with E-state index < -0.39 is 113 Å². The van der Waals surface area contributed by atoms with E-state index in [1.54, 1.807) is 0 Å². The van der Waals surface area contributed by atoms with E-state index in [1.165, 1.54) is 24.3 Å². The fourth-order valence-corrected chi connectivity index (χ4v) is 5.41. The van der Waals surface area contributed by atoms with E-state index in [0.29, 0.717) is 0 Å². The van der Waals surface area contributed by atoms with Crippen molar-refractivity contribution in [1.82, 2.24) is 0 Å². The Morgan fingerprint density at radius 2 is 1.14 bits per heavy atom. The summed E-state index contributed by atoms with van der Waals surface area (Å²) < 4.78 is 17.2. The third-order valence-electron chi connectivity index (χ3n) is 7.68. The van der Waals surface area contributed by atoms with Gasteiger partial charge in [0.05, 0.1) is 24.3 Å². The molecule has 228 valence electrons. The minimum absolute atomic E-state index is 0.0846. The zero-order valence-corrected chi connectivity index (χ0v) is 21.6. The number of hydrogen-bond donors (Lipinski definition) is 11. The minimum atomic E-state index is -1.94. The smallest absolute Gasteiger partial charge is 0.203 e. The van der Waals surface area contributed by atoms with Crippen LogP contribution in [-0.2, 0) is 9.47 Å². The van der Waals surface area contributed by atoms with Crippen molar-refractivity contribution in [2.24, 2.45) is 0 Å². The molecule has 5 rings (SSSR count). The Morgan fingerprint density at radius 1 is 0.643 bits per heavy atom. The van der Waals surface area contributed by atoms with Crippen LogP contribution in [0.2, 0.25) is 0 Å². The minimum Gasteiger partial charge on any atom is -0.508 e. The van der Waals surface area contributed by atoms with Gasteiger partial charge >= 0.3 is 0 Å². The van der Waals surface area contributed by atoms with Crippen molar-refractivity contribution in [3.8, 4) is 28.6 Å². The van der Waals surface area contributed by atoms with Gasteiger partial charge in [-0.05, 0) is 24.3 Å². The lowest BCUT2D eigenvalue weighted by Gasteiger charge is -2.41. The van der Waals surface area contributed by atoms with Crippen LogP contribution in [0.5, 0.6) is 17.2 Å². The maximum Gasteiger partial charge on any atom is 0.203 e. The SMILES string of the molecule is O=c1c([C@@H]2OC(CO)[C@@H](O)C(O)C2O)c(-c2ccc(O)cc2)oc2c([C@@H]3OC(CO)[C@@H](O)[C@H](O)C3O)c(O)cc(O)c12. The number of phenols is 3. The first kappa shape index (κ1) is 30.1. The van der Waals surface area contributed by atoms with E-state index in [-0.39, 0.29) is 17.1 Å². The van der Waals surface area contributed by atoms with Gasteiger partial charge in [0.25, 0.3) is 0 Å². The Hall–Kier alpha value is -3.35. The molecule has 11 N–H and O–H groups in total. The first-order valence-electron chi connectivity index (χ1n) is 12.9. The van der Waals surface area contributed by atoms with Crippen molar-refractivity contribution in [1.29, 1.82) is 0 Å². The van der Waals surface area contributed by atoms with Crippen LogP contribution in [0, 0.1) is 0 Å². The second kappa shape index (κ2) is 11.4. The summed E-state index contributed by atoms with van der Waals surface area (Å²) in [6.07, 6.45) is -17.4. The van der Waals surface area contributed by atoms with Crippen molar-refractivity contribution in [2.75, 3.05) is 13.2 Å². The molecule has 2 saturated heterocycles. The second-order valence-corrected chi connectivity index (χ2v) is 10.3. The van der Waals surface area contributed by atoms with Crippen LogP contribution in [0.4, 0.5) is 0 Å². The maximum atomic E-state index is 14.1. The average Bonchev–Trinajstić information content (AvgIpc) is 2.96. The molecule has 2 aliphatic heterocycles. The summed E-state index contributed by atoms with van der Waals surface area (Å²) in [6.45, 7) is -1.61. The summed E-state index contributed by atoms with van der Waals surface area (Å²) in [5.74, 6) is -2.13. The summed E-state index contributed by atoms with van der Waals surface area (Å²) in [4.78, 5) is 14.1. The highest BCUT2D eigenvalue weighted by molar-refractivity contribution is 5.90. The van der Waals surface area contributed by atoms with Gasteiger partial charge < -0.3 is 70.1 Å². The molecule has 5 unspecified atom stereocenters. The van der Waals surface area contributed by atoms with Crippen LogP contribution < -0.4 is 5.43 Å². The van der Waals surface area contributed by atoms with Gasteiger partial charge in [-0.25, -0.2) is 0 Å². The van der Waals surface area contributed by atoms with Crippen LogP contribution >= 0.6 is 0 Å². The van der Waals surface area contributed by atoms with Crippen LogP contribution in [0.25, 0.3) is 22.3 Å². The van der Waals surface area contributed by atoms with Crippen LogP contribution in [0.1, 0.15) is 23.3 Å². The number of rotatable bonds is 5. The van der Waals surface area contributed by atoms with Crippen molar-refractivity contribution in [3.05, 3.63) is 51.7 Å². The van der Waals surface area contributed by atoms with Gasteiger partial charge in [-0.15, -0.1) is 0 Å². The molecule has 2 aliphatic rings. The number of fused-ring (bicyclic) bond motifs is 1. The third-order valence-corrected chi connectivity index (χ3v) is 7.68. The lowest BCUT2D eigenvalue weighted by Crippen LogP contribution is -2.56. The number of aliphatic hydroxyl groups excluding tert-OH is 8. The average molecular weight is 595 g/mol. The van der Waals surface area contributed by atoms with Crippen molar-refractivity contribution >= 4 is 11.0 Å². The molecule has 0 aliphatic carbocycles. The number of phenolic OH excluding ortho intramolecular Hbond substituents is 3. The van der Waals surface area contributed by atoms with Crippen molar-refractivity contribution in [2.45, 2.75) is 61.0 Å². The molecule has 2 fully saturated rings. The van der Waals surface area contributed by atoms with Gasteiger partial charge in [0.15, 0.2) is 5.58 Å². The Kier molecular flexibility index (Phi) is 8.16. The Balaban J connectivity index is 1.82. The largest absolute Gasteiger partial charge is 0.508 e. The Bertz CT molecular complexity index is 1500. The molecule has 3 heterocycles.